The maximum atomic E-state index is 12.5. The Morgan fingerprint density at radius 2 is 0.908 bits per heavy atom. The fraction of sp³-hybridized carbons (Fsp3) is 0.394. The molecule has 7 heterocycles. The number of furan rings is 1. The molecule has 1 saturated carbocycles. The highest BCUT2D eigenvalue weighted by Crippen LogP contribution is 2.37. The molecule has 0 radical (unpaired) electrons. The average molecular weight is 1900 g/mol. The molecule has 2 fully saturated rings. The molecule has 0 bridgehead atoms. The number of H-pyrrole nitrogens is 1. The summed E-state index contributed by atoms with van der Waals surface area (Å²) in [6, 6.07) is 95.0. The van der Waals surface area contributed by atoms with Crippen LogP contribution in [0.1, 0.15) is 273 Å². The third kappa shape index (κ3) is 37.3. The molecule has 1 saturated heterocycles. The lowest BCUT2D eigenvalue weighted by molar-refractivity contribution is -0.117. The zero-order valence-corrected chi connectivity index (χ0v) is 89.9. The maximum absolute atomic E-state index is 12.5. The number of fused-ring (bicyclic) bond motifs is 6. The highest BCUT2D eigenvalue weighted by Gasteiger charge is 2.27. The SMILES string of the molecule is C=C1C=Cc2cc(CC(C)C)ccc2O1.C=C1CCc2cc(CC(C)C)ccc2N1C.CC(C)CC1N=C(c2ccccc2)c2ccccc2NC1=O.CC(C)Cc1ccc(-c2ccccc2)cc1.CC(C)Cc1ccc(C2CCCCC2)cc1.CC(C)Cc1ccc(CN2CCCCC2)cc1.CC(C)Cc1ccc2[nH]ccc2c1.CC(C)Cc1ccc2occc2c1.CC(C)Cc1ccc2sccc2c1. The van der Waals surface area contributed by atoms with Crippen LogP contribution in [-0.2, 0) is 69.1 Å². The van der Waals surface area contributed by atoms with Crippen LogP contribution >= 0.6 is 11.3 Å². The van der Waals surface area contributed by atoms with E-state index in [0.717, 1.165) is 126 Å². The first kappa shape index (κ1) is 110. The predicted octanol–water partition coefficient (Wildman–Crippen LogP) is 35.9. The molecule has 1 aliphatic carbocycles. The number of aromatic nitrogens is 1. The van der Waals surface area contributed by atoms with Gasteiger partial charge in [-0.1, -0.05) is 358 Å². The highest BCUT2D eigenvalue weighted by molar-refractivity contribution is 7.17. The van der Waals surface area contributed by atoms with Gasteiger partial charge in [0.05, 0.1) is 17.7 Å². The van der Waals surface area contributed by atoms with Crippen molar-refractivity contribution in [2.24, 2.45) is 58.3 Å². The van der Waals surface area contributed by atoms with Crippen molar-refractivity contribution in [1.29, 1.82) is 0 Å². The number of aliphatic imine (C=N–C) groups is 1. The number of thiophene rings is 1. The molecule has 14 aromatic rings. The van der Waals surface area contributed by atoms with Crippen molar-refractivity contribution < 1.29 is 13.9 Å². The van der Waals surface area contributed by atoms with Gasteiger partial charge in [0.25, 0.3) is 0 Å². The average Bonchev–Trinajstić information content (AvgIpc) is 1.76. The van der Waals surface area contributed by atoms with Gasteiger partial charge in [-0.05, 0) is 342 Å². The number of piperidine rings is 1. The van der Waals surface area contributed by atoms with Gasteiger partial charge in [0.2, 0.25) is 5.91 Å². The van der Waals surface area contributed by atoms with E-state index in [1.54, 1.807) is 11.8 Å². The first-order valence-electron chi connectivity index (χ1n) is 53.2. The molecule has 5 aliphatic rings. The number of nitrogens with one attached hydrogen (secondary N) is 2. The Hall–Kier alpha value is -11.6. The molecule has 8 nitrogen and oxygen atoms in total. The van der Waals surface area contributed by atoms with Crippen LogP contribution in [0, 0.1) is 53.3 Å². The van der Waals surface area contributed by atoms with Gasteiger partial charge in [0.15, 0.2) is 0 Å². The van der Waals surface area contributed by atoms with Crippen molar-refractivity contribution in [3.05, 3.63) is 393 Å². The van der Waals surface area contributed by atoms with Gasteiger partial charge in [0, 0.05) is 63.5 Å². The molecule has 0 spiro atoms. The first-order chi connectivity index (χ1) is 67.9. The second-order valence-corrected chi connectivity index (χ2v) is 44.4. The predicted molar refractivity (Wildman–Crippen MR) is 612 cm³/mol. The fourth-order valence-corrected chi connectivity index (χ4v) is 20.0. The van der Waals surface area contributed by atoms with E-state index in [1.165, 1.54) is 201 Å². The molecule has 19 rings (SSSR count). The van der Waals surface area contributed by atoms with Gasteiger partial charge in [-0.25, -0.2) is 0 Å². The lowest BCUT2D eigenvalue weighted by Crippen LogP contribution is -2.29. The largest absolute Gasteiger partial charge is 0.464 e. The number of rotatable bonds is 23. The van der Waals surface area contributed by atoms with E-state index >= 15 is 0 Å². The van der Waals surface area contributed by atoms with E-state index in [9.17, 15) is 4.79 Å². The number of aryl methyl sites for hydroxylation is 1. The third-order valence-electron chi connectivity index (χ3n) is 26.0. The number of nitrogens with zero attached hydrogens (tertiary/aromatic N) is 3. The topological polar surface area (TPSA) is 86.1 Å². The number of hydrogen-bond donors (Lipinski definition) is 2. The molecule has 1 atom stereocenters. The summed E-state index contributed by atoms with van der Waals surface area (Å²) < 4.78 is 12.2. The fourth-order valence-electron chi connectivity index (χ4n) is 19.2. The summed E-state index contributed by atoms with van der Waals surface area (Å²) >= 11 is 1.81. The molecule has 744 valence electrons. The van der Waals surface area contributed by atoms with Crippen LogP contribution in [0.4, 0.5) is 11.4 Å². The van der Waals surface area contributed by atoms with E-state index in [-0.39, 0.29) is 11.9 Å². The summed E-state index contributed by atoms with van der Waals surface area (Å²) in [6.45, 7) is 51.9. The normalized spacial score (nSPS) is 14.5. The molecule has 2 N–H and O–H groups in total. The van der Waals surface area contributed by atoms with Crippen LogP contribution in [-0.4, -0.2) is 47.7 Å². The van der Waals surface area contributed by atoms with E-state index in [4.69, 9.17) is 14.1 Å². The van der Waals surface area contributed by atoms with Crippen molar-refractivity contribution in [1.82, 2.24) is 9.88 Å². The molecule has 9 heteroatoms. The Kier molecular flexibility index (Phi) is 44.3. The van der Waals surface area contributed by atoms with Crippen LogP contribution in [0.3, 0.4) is 0 Å². The number of carbonyl (C=O) groups is 1. The Morgan fingerprint density at radius 3 is 1.50 bits per heavy atom. The summed E-state index contributed by atoms with van der Waals surface area (Å²) in [4.78, 5) is 25.3. The number of benzene rings is 11. The number of hydrogen-bond acceptors (Lipinski definition) is 7. The van der Waals surface area contributed by atoms with Gasteiger partial charge >= 0.3 is 0 Å². The van der Waals surface area contributed by atoms with Crippen molar-refractivity contribution >= 4 is 72.4 Å². The molecule has 4 aliphatic heterocycles. The Bertz CT molecular complexity index is 5950. The number of amides is 1. The monoisotopic (exact) mass is 1900 g/mol. The molecule has 11 aromatic carbocycles. The Labute approximate surface area is 854 Å². The number of benzodiazepines with no additional fused rings is 1. The van der Waals surface area contributed by atoms with Gasteiger partial charge in [-0.15, -0.1) is 11.3 Å². The summed E-state index contributed by atoms with van der Waals surface area (Å²) in [7, 11) is 2.11. The van der Waals surface area contributed by atoms with Crippen molar-refractivity contribution in [3.63, 3.8) is 0 Å². The van der Waals surface area contributed by atoms with Crippen LogP contribution in [0.5, 0.6) is 5.75 Å². The quantitative estimate of drug-likeness (QED) is 0.0666. The molecular weight excluding hydrogens is 1740 g/mol. The summed E-state index contributed by atoms with van der Waals surface area (Å²) in [5, 5.41) is 9.10. The number of allylic oxidation sites excluding steroid dienone is 2. The van der Waals surface area contributed by atoms with E-state index in [1.807, 2.05) is 96.4 Å². The van der Waals surface area contributed by atoms with Crippen LogP contribution < -0.4 is 15.0 Å². The molecule has 1 unspecified atom stereocenters. The van der Waals surface area contributed by atoms with Crippen molar-refractivity contribution in [3.8, 4) is 16.9 Å². The zero-order valence-electron chi connectivity index (χ0n) is 89.1. The van der Waals surface area contributed by atoms with Gasteiger partial charge in [0.1, 0.15) is 23.1 Å². The van der Waals surface area contributed by atoms with E-state index < -0.39 is 0 Å². The minimum Gasteiger partial charge on any atom is -0.464 e. The standard InChI is InChI=1S/C19H20N2O.C16H25N.C16H24.C16H18.C15H21N.C14H16O.C12H15N.C12H14O.C12H14S/c1-13(2)12-17-19(22)21-16-11-7-6-10-15(16)18(20-17)14-8-4-3-5-9-14;1-14(2)12-15-6-8-16(9-7-15)13-17-10-4-3-5-11-17;2*1-13(2)12-14-8-10-16(11-9-14)15-6-4-3-5-7-15;1-11(2)9-13-6-8-15-14(10-13)7-5-12(3)16(15)4;1-10(2)8-12-5-7-14-13(9-12)6-4-11(3)15-14;3*1-9(2)7-10-3-4-12-11(8-10)5-6-13-12/h3-11,13,17H,12H2,1-2H3,(H,21,22);6-9,14H,3-5,10-13H2,1-2H3;8-11,13,15H,3-7,12H2,1-2H3;3-11,13H,12H2,1-2H3;6,8,10-11H,3,5,7,9H2,1-2,4H3;4-7,9-10H,3,8H2,1-2H3;3-6,8-9,13H,7H2,1-2H3;2*3-6,8-9H,7H2,1-2H3. The molecule has 141 heavy (non-hydrogen) atoms. The maximum Gasteiger partial charge on any atom is 0.249 e. The lowest BCUT2D eigenvalue weighted by Gasteiger charge is -2.30. The van der Waals surface area contributed by atoms with Crippen LogP contribution in [0.25, 0.3) is 49.2 Å². The number of likely N-dealkylation sites (tertiary alicyclic amines) is 1. The molecular formula is C132H167N5O3S. The van der Waals surface area contributed by atoms with Crippen LogP contribution in [0.15, 0.2) is 325 Å². The second kappa shape index (κ2) is 56.9. The Morgan fingerprint density at radius 1 is 0.426 bits per heavy atom. The highest BCUT2D eigenvalue weighted by atomic mass is 32.1. The smallest absolute Gasteiger partial charge is 0.249 e. The second-order valence-electron chi connectivity index (χ2n) is 43.4. The minimum atomic E-state index is -0.345. The Balaban J connectivity index is 0.000000152. The molecule has 1 amide bonds. The summed E-state index contributed by atoms with van der Waals surface area (Å²) in [5.41, 5.74) is 28.3. The van der Waals surface area contributed by atoms with Crippen molar-refractivity contribution in [2.45, 2.75) is 265 Å². The van der Waals surface area contributed by atoms with Crippen molar-refractivity contribution in [2.75, 3.05) is 30.4 Å². The van der Waals surface area contributed by atoms with Gasteiger partial charge in [-0.3, -0.25) is 14.7 Å². The van der Waals surface area contributed by atoms with E-state index in [0.29, 0.717) is 23.5 Å². The summed E-state index contributed by atoms with van der Waals surface area (Å²) in [6.07, 6.45) is 31.3. The first-order valence-corrected chi connectivity index (χ1v) is 54.0. The van der Waals surface area contributed by atoms with E-state index in [2.05, 4.69) is 371 Å². The number of ether oxygens (including phenoxy) is 1. The van der Waals surface area contributed by atoms with Gasteiger partial charge in [-0.2, -0.15) is 0 Å². The molecule has 3 aromatic heterocycles. The third-order valence-corrected chi connectivity index (χ3v) is 26.9. The minimum absolute atomic E-state index is 0.0212. The lowest BCUT2D eigenvalue weighted by atomic mass is 9.84. The number of anilines is 2. The van der Waals surface area contributed by atoms with Gasteiger partial charge < -0.3 is 24.4 Å². The summed E-state index contributed by atoms with van der Waals surface area (Å²) in [5.74, 6) is 8.71. The zero-order chi connectivity index (χ0) is 101. The number of aromatic amines is 1. The number of para-hydroxylation sites is 1. The number of carbonyl (C=O) groups excluding carboxylic acids is 1. The van der Waals surface area contributed by atoms with Crippen LogP contribution in [0.2, 0.25) is 0 Å².